The molecule has 1 N–H and O–H groups in total. The molecule has 0 aliphatic carbocycles. The number of methoxy groups -OCH3 is 1. The maximum Gasteiger partial charge on any atom is 0.341 e. The summed E-state index contributed by atoms with van der Waals surface area (Å²) in [5.74, 6) is -0.376. The Bertz CT molecular complexity index is 420. The highest BCUT2D eigenvalue weighted by atomic mass is 16.5. The summed E-state index contributed by atoms with van der Waals surface area (Å²) in [6.45, 7) is 5.70. The predicted molar refractivity (Wildman–Crippen MR) is 72.0 cm³/mol. The van der Waals surface area contributed by atoms with Crippen LogP contribution >= 0.6 is 0 Å². The molecule has 18 heavy (non-hydrogen) atoms. The normalized spacial score (nSPS) is 10.5. The minimum absolute atomic E-state index is 0.250. The number of rotatable bonds is 3. The van der Waals surface area contributed by atoms with Crippen LogP contribution in [-0.2, 0) is 4.74 Å². The van der Waals surface area contributed by atoms with E-state index in [-0.39, 0.29) is 12.6 Å². The van der Waals surface area contributed by atoms with E-state index in [1.54, 1.807) is 17.8 Å². The van der Waals surface area contributed by atoms with Crippen LogP contribution in [0.4, 0.5) is 0 Å². The summed E-state index contributed by atoms with van der Waals surface area (Å²) in [7, 11) is 1.36. The van der Waals surface area contributed by atoms with Gasteiger partial charge in [0.25, 0.3) is 0 Å². The van der Waals surface area contributed by atoms with Crippen molar-refractivity contribution in [1.82, 2.24) is 9.78 Å². The predicted octanol–water partition coefficient (Wildman–Crippen LogP) is 2.19. The van der Waals surface area contributed by atoms with E-state index in [1.807, 2.05) is 32.1 Å². The number of aliphatic hydroxyl groups excluding tert-OH is 1. The van der Waals surface area contributed by atoms with Gasteiger partial charge in [-0.25, -0.2) is 9.48 Å². The number of carbonyl (C=O) groups excluding carboxylic acids is 1. The minimum Gasteiger partial charge on any atom is -0.465 e. The summed E-state index contributed by atoms with van der Waals surface area (Å²) in [6, 6.07) is 0. The fourth-order valence-electron chi connectivity index (χ4n) is 1.22. The van der Waals surface area contributed by atoms with Gasteiger partial charge in [-0.3, -0.25) is 0 Å². The lowest BCUT2D eigenvalue weighted by Crippen LogP contribution is -2.03. The number of aromatic nitrogens is 2. The molecule has 0 amide bonds. The topological polar surface area (TPSA) is 64.3 Å². The molecular formula is C13H20N2O3. The summed E-state index contributed by atoms with van der Waals surface area (Å²) in [5, 5.41) is 11.6. The van der Waals surface area contributed by atoms with Crippen LogP contribution in [0.1, 0.15) is 36.8 Å². The van der Waals surface area contributed by atoms with Gasteiger partial charge in [0.1, 0.15) is 5.56 Å². The van der Waals surface area contributed by atoms with E-state index in [9.17, 15) is 4.79 Å². The Balaban J connectivity index is 0.000000873. The van der Waals surface area contributed by atoms with Crippen LogP contribution in [0.3, 0.4) is 0 Å². The zero-order chi connectivity index (χ0) is 14.0. The molecule has 0 unspecified atom stereocenters. The van der Waals surface area contributed by atoms with Crippen LogP contribution in [-0.4, -0.2) is 34.6 Å². The van der Waals surface area contributed by atoms with E-state index in [2.05, 4.69) is 9.84 Å². The molecule has 0 atom stereocenters. The Morgan fingerprint density at radius 1 is 1.50 bits per heavy atom. The van der Waals surface area contributed by atoms with Crippen molar-refractivity contribution in [3.05, 3.63) is 29.6 Å². The first-order valence-corrected chi connectivity index (χ1v) is 5.68. The fourth-order valence-corrected chi connectivity index (χ4v) is 1.22. The van der Waals surface area contributed by atoms with Gasteiger partial charge in [-0.05, 0) is 26.8 Å². The van der Waals surface area contributed by atoms with Gasteiger partial charge in [0, 0.05) is 12.8 Å². The highest BCUT2D eigenvalue weighted by Gasteiger charge is 2.14. The highest BCUT2D eigenvalue weighted by Crippen LogP contribution is 2.12. The first-order valence-electron chi connectivity index (χ1n) is 5.68. The number of esters is 1. The Hall–Kier alpha value is -1.88. The van der Waals surface area contributed by atoms with Gasteiger partial charge < -0.3 is 9.84 Å². The Morgan fingerprint density at radius 3 is 2.56 bits per heavy atom. The van der Waals surface area contributed by atoms with Crippen LogP contribution in [0.5, 0.6) is 0 Å². The first kappa shape index (κ1) is 16.1. The van der Waals surface area contributed by atoms with Crippen LogP contribution in [0.25, 0.3) is 12.3 Å². The van der Waals surface area contributed by atoms with Gasteiger partial charge >= 0.3 is 5.97 Å². The van der Waals surface area contributed by atoms with E-state index in [0.717, 1.165) is 5.69 Å². The smallest absolute Gasteiger partial charge is 0.341 e. The molecule has 0 bridgehead atoms. The van der Waals surface area contributed by atoms with Gasteiger partial charge in [-0.2, -0.15) is 5.10 Å². The molecule has 0 saturated heterocycles. The number of hydrogen-bond donors (Lipinski definition) is 1. The Morgan fingerprint density at radius 2 is 2.11 bits per heavy atom. The van der Waals surface area contributed by atoms with E-state index >= 15 is 0 Å². The number of aliphatic hydroxyl groups is 1. The first-order chi connectivity index (χ1) is 8.65. The van der Waals surface area contributed by atoms with Crippen molar-refractivity contribution in [3.8, 4) is 0 Å². The van der Waals surface area contributed by atoms with Crippen LogP contribution in [0.2, 0.25) is 0 Å². The average Bonchev–Trinajstić information content (AvgIpc) is 2.74. The van der Waals surface area contributed by atoms with E-state index in [0.29, 0.717) is 5.56 Å². The quantitative estimate of drug-likeness (QED) is 0.837. The SMILES string of the molecule is C/C=C\c1c(C(=O)OC)cnn1/C=C\C.CCO. The number of allylic oxidation sites excluding steroid dienone is 2. The van der Waals surface area contributed by atoms with Gasteiger partial charge in [0.05, 0.1) is 19.0 Å². The van der Waals surface area contributed by atoms with Crippen molar-refractivity contribution in [1.29, 1.82) is 0 Å². The second-order valence-corrected chi connectivity index (χ2v) is 3.18. The average molecular weight is 252 g/mol. The molecular weight excluding hydrogens is 232 g/mol. The van der Waals surface area contributed by atoms with Crippen LogP contribution in [0.15, 0.2) is 18.3 Å². The van der Waals surface area contributed by atoms with Crippen molar-refractivity contribution in [2.45, 2.75) is 20.8 Å². The lowest BCUT2D eigenvalue weighted by molar-refractivity contribution is 0.0600. The zero-order valence-electron chi connectivity index (χ0n) is 11.3. The lowest BCUT2D eigenvalue weighted by atomic mass is 10.2. The van der Waals surface area contributed by atoms with Crippen molar-refractivity contribution < 1.29 is 14.6 Å². The maximum absolute atomic E-state index is 11.4. The molecule has 0 aliphatic rings. The van der Waals surface area contributed by atoms with Gasteiger partial charge in [-0.15, -0.1) is 0 Å². The number of carbonyl (C=O) groups is 1. The minimum atomic E-state index is -0.376. The highest BCUT2D eigenvalue weighted by molar-refractivity contribution is 5.92. The summed E-state index contributed by atoms with van der Waals surface area (Å²) < 4.78 is 6.30. The molecule has 0 radical (unpaired) electrons. The van der Waals surface area contributed by atoms with E-state index < -0.39 is 0 Å². The number of hydrogen-bond acceptors (Lipinski definition) is 4. The molecule has 5 nitrogen and oxygen atoms in total. The largest absolute Gasteiger partial charge is 0.465 e. The fraction of sp³-hybridized carbons (Fsp3) is 0.385. The molecule has 0 fully saturated rings. The molecule has 1 heterocycles. The van der Waals surface area contributed by atoms with Gasteiger partial charge in [0.2, 0.25) is 0 Å². The molecule has 0 aromatic carbocycles. The van der Waals surface area contributed by atoms with Crippen molar-refractivity contribution >= 4 is 18.2 Å². The second kappa shape index (κ2) is 9.18. The summed E-state index contributed by atoms with van der Waals surface area (Å²) >= 11 is 0. The van der Waals surface area contributed by atoms with Crippen molar-refractivity contribution in [3.63, 3.8) is 0 Å². The third-order valence-electron chi connectivity index (χ3n) is 1.85. The molecule has 1 rings (SSSR count). The van der Waals surface area contributed by atoms with E-state index in [4.69, 9.17) is 5.11 Å². The third kappa shape index (κ3) is 4.55. The van der Waals surface area contributed by atoms with E-state index in [1.165, 1.54) is 13.3 Å². The van der Waals surface area contributed by atoms with Crippen LogP contribution in [0, 0.1) is 0 Å². The van der Waals surface area contributed by atoms with Crippen molar-refractivity contribution in [2.24, 2.45) is 0 Å². The number of ether oxygens (including phenoxy) is 1. The lowest BCUT2D eigenvalue weighted by Gasteiger charge is -1.99. The van der Waals surface area contributed by atoms with Gasteiger partial charge in [0.15, 0.2) is 0 Å². The molecule has 0 saturated carbocycles. The molecule has 1 aromatic heterocycles. The zero-order valence-corrected chi connectivity index (χ0v) is 11.3. The maximum atomic E-state index is 11.4. The Labute approximate surface area is 107 Å². The van der Waals surface area contributed by atoms with Crippen molar-refractivity contribution in [2.75, 3.05) is 13.7 Å². The summed E-state index contributed by atoms with van der Waals surface area (Å²) in [6.07, 6.45) is 8.80. The molecule has 1 aromatic rings. The van der Waals surface area contributed by atoms with Gasteiger partial charge in [-0.1, -0.05) is 12.2 Å². The second-order valence-electron chi connectivity index (χ2n) is 3.18. The monoisotopic (exact) mass is 252 g/mol. The summed E-state index contributed by atoms with van der Waals surface area (Å²) in [5.41, 5.74) is 1.19. The Kier molecular flexibility index (Phi) is 8.22. The molecule has 100 valence electrons. The molecule has 0 spiro atoms. The number of nitrogens with zero attached hydrogens (tertiary/aromatic N) is 2. The standard InChI is InChI=1S/C11H14N2O2.C2H6O/c1-4-6-10-9(11(14)15-3)8-12-13(10)7-5-2;1-2-3/h4-8H,1-3H3;3H,2H2,1H3/b6-4-,7-5-;. The summed E-state index contributed by atoms with van der Waals surface area (Å²) in [4.78, 5) is 11.4. The third-order valence-corrected chi connectivity index (χ3v) is 1.85. The molecule has 5 heteroatoms. The van der Waals surface area contributed by atoms with Crippen LogP contribution < -0.4 is 0 Å². The molecule has 0 aliphatic heterocycles.